The number of alkyl halides is 1. The number of aryl methyl sites for hydroxylation is 1. The van der Waals surface area contributed by atoms with Crippen LogP contribution in [0.15, 0.2) is 30.5 Å². The molecule has 5 nitrogen and oxygen atoms in total. The van der Waals surface area contributed by atoms with E-state index in [2.05, 4.69) is 4.98 Å². The first kappa shape index (κ1) is 14.6. The van der Waals surface area contributed by atoms with Gasteiger partial charge in [0.1, 0.15) is 0 Å². The third kappa shape index (κ3) is 3.18. The van der Waals surface area contributed by atoms with Crippen LogP contribution in [0.25, 0.3) is 0 Å². The molecule has 1 aromatic carbocycles. The molecule has 0 bridgehead atoms. The molecule has 1 aromatic heterocycles. The molecule has 0 amide bonds. The van der Waals surface area contributed by atoms with Crippen LogP contribution in [0.4, 0.5) is 5.69 Å². The number of rotatable bonds is 4. The van der Waals surface area contributed by atoms with E-state index in [1.165, 1.54) is 18.2 Å². The molecule has 2 rings (SSSR count). The molecule has 0 N–H and O–H groups in total. The van der Waals surface area contributed by atoms with Gasteiger partial charge in [0.2, 0.25) is 5.88 Å². The molecular formula is C13H10Cl2N2O3. The van der Waals surface area contributed by atoms with Crippen LogP contribution in [0.5, 0.6) is 11.6 Å². The largest absolute Gasteiger partial charge is 0.437 e. The van der Waals surface area contributed by atoms with Gasteiger partial charge >= 0.3 is 0 Å². The lowest BCUT2D eigenvalue weighted by atomic mass is 10.2. The number of aromatic nitrogens is 1. The second-order valence-corrected chi connectivity index (χ2v) is 4.75. The predicted octanol–water partition coefficient (Wildman–Crippen LogP) is 4.48. The topological polar surface area (TPSA) is 65.3 Å². The molecule has 0 aliphatic carbocycles. The first-order chi connectivity index (χ1) is 9.51. The van der Waals surface area contributed by atoms with Crippen molar-refractivity contribution in [1.82, 2.24) is 4.98 Å². The summed E-state index contributed by atoms with van der Waals surface area (Å²) >= 11 is 11.7. The zero-order valence-corrected chi connectivity index (χ0v) is 12.0. The number of benzene rings is 1. The number of hydrogen-bond acceptors (Lipinski definition) is 4. The van der Waals surface area contributed by atoms with Crippen molar-refractivity contribution in [3.05, 3.63) is 56.7 Å². The monoisotopic (exact) mass is 312 g/mol. The second kappa shape index (κ2) is 6.07. The van der Waals surface area contributed by atoms with Crippen LogP contribution in [0.2, 0.25) is 5.02 Å². The highest BCUT2D eigenvalue weighted by atomic mass is 35.5. The minimum Gasteiger partial charge on any atom is -0.437 e. The highest BCUT2D eigenvalue weighted by Crippen LogP contribution is 2.33. The van der Waals surface area contributed by atoms with Crippen molar-refractivity contribution in [2.24, 2.45) is 0 Å². The molecule has 104 valence electrons. The van der Waals surface area contributed by atoms with Crippen LogP contribution in [0, 0.1) is 17.0 Å². The van der Waals surface area contributed by atoms with Crippen molar-refractivity contribution in [2.75, 3.05) is 0 Å². The second-order valence-electron chi connectivity index (χ2n) is 4.07. The SMILES string of the molecule is Cc1cc(CCl)cnc1Oc1cc([N+](=O)[O-])ccc1Cl. The van der Waals surface area contributed by atoms with Crippen molar-refractivity contribution >= 4 is 28.9 Å². The van der Waals surface area contributed by atoms with Gasteiger partial charge in [-0.3, -0.25) is 10.1 Å². The third-order valence-electron chi connectivity index (χ3n) is 2.57. The van der Waals surface area contributed by atoms with Crippen molar-refractivity contribution in [1.29, 1.82) is 0 Å². The van der Waals surface area contributed by atoms with Crippen molar-refractivity contribution in [3.63, 3.8) is 0 Å². The summed E-state index contributed by atoms with van der Waals surface area (Å²) in [7, 11) is 0. The number of nitrogens with zero attached hydrogens (tertiary/aromatic N) is 2. The Morgan fingerprint density at radius 2 is 2.15 bits per heavy atom. The summed E-state index contributed by atoms with van der Waals surface area (Å²) in [6, 6.07) is 5.82. The Morgan fingerprint density at radius 3 is 2.75 bits per heavy atom. The van der Waals surface area contributed by atoms with Gasteiger partial charge in [-0.05, 0) is 24.6 Å². The number of non-ortho nitro benzene ring substituents is 1. The third-order valence-corrected chi connectivity index (χ3v) is 3.19. The lowest BCUT2D eigenvalue weighted by molar-refractivity contribution is -0.384. The Bertz CT molecular complexity index is 662. The molecule has 0 fully saturated rings. The fourth-order valence-electron chi connectivity index (χ4n) is 1.59. The van der Waals surface area contributed by atoms with E-state index >= 15 is 0 Å². The Labute approximate surface area is 125 Å². The Hall–Kier alpha value is -1.85. The molecule has 0 saturated heterocycles. The van der Waals surface area contributed by atoms with Crippen molar-refractivity contribution in [3.8, 4) is 11.6 Å². The first-order valence-corrected chi connectivity index (χ1v) is 6.56. The number of pyridine rings is 1. The van der Waals surface area contributed by atoms with Crippen LogP contribution in [-0.4, -0.2) is 9.91 Å². The van der Waals surface area contributed by atoms with E-state index in [9.17, 15) is 10.1 Å². The molecule has 2 aromatic rings. The van der Waals surface area contributed by atoms with E-state index < -0.39 is 4.92 Å². The first-order valence-electron chi connectivity index (χ1n) is 5.64. The van der Waals surface area contributed by atoms with Crippen molar-refractivity contribution in [2.45, 2.75) is 12.8 Å². The Morgan fingerprint density at radius 1 is 1.40 bits per heavy atom. The molecule has 0 unspecified atom stereocenters. The maximum Gasteiger partial charge on any atom is 0.273 e. The lowest BCUT2D eigenvalue weighted by Crippen LogP contribution is -1.95. The van der Waals surface area contributed by atoms with Crippen LogP contribution in [0.1, 0.15) is 11.1 Å². The van der Waals surface area contributed by atoms with Gasteiger partial charge in [0.25, 0.3) is 5.69 Å². The van der Waals surface area contributed by atoms with E-state index in [4.69, 9.17) is 27.9 Å². The minimum atomic E-state index is -0.514. The van der Waals surface area contributed by atoms with Gasteiger partial charge in [-0.1, -0.05) is 11.6 Å². The smallest absolute Gasteiger partial charge is 0.273 e. The average molecular weight is 313 g/mol. The molecule has 0 aliphatic rings. The van der Waals surface area contributed by atoms with E-state index in [1.54, 1.807) is 6.20 Å². The Kier molecular flexibility index (Phi) is 4.42. The standard InChI is InChI=1S/C13H10Cl2N2O3/c1-8-4-9(6-14)7-16-13(8)20-12-5-10(17(18)19)2-3-11(12)15/h2-5,7H,6H2,1H3. The minimum absolute atomic E-state index is 0.0977. The number of nitro benzene ring substituents is 1. The number of hydrogen-bond donors (Lipinski definition) is 0. The zero-order chi connectivity index (χ0) is 14.7. The zero-order valence-electron chi connectivity index (χ0n) is 10.5. The maximum absolute atomic E-state index is 10.7. The normalized spacial score (nSPS) is 10.3. The van der Waals surface area contributed by atoms with Crippen molar-refractivity contribution < 1.29 is 9.66 Å². The molecule has 0 spiro atoms. The van der Waals surface area contributed by atoms with Crippen LogP contribution < -0.4 is 4.74 Å². The van der Waals surface area contributed by atoms with Crippen LogP contribution >= 0.6 is 23.2 Å². The molecule has 20 heavy (non-hydrogen) atoms. The van der Waals surface area contributed by atoms with E-state index in [1.807, 2.05) is 13.0 Å². The van der Waals surface area contributed by atoms with Gasteiger partial charge in [-0.25, -0.2) is 4.98 Å². The number of ether oxygens (including phenoxy) is 1. The highest BCUT2D eigenvalue weighted by Gasteiger charge is 2.13. The van der Waals surface area contributed by atoms with Gasteiger partial charge in [-0.15, -0.1) is 11.6 Å². The highest BCUT2D eigenvalue weighted by molar-refractivity contribution is 6.32. The predicted molar refractivity (Wildman–Crippen MR) is 76.7 cm³/mol. The fraction of sp³-hybridized carbons (Fsp3) is 0.154. The lowest BCUT2D eigenvalue weighted by Gasteiger charge is -2.09. The number of nitro groups is 1. The summed E-state index contributed by atoms with van der Waals surface area (Å²) in [6.07, 6.45) is 1.58. The Balaban J connectivity index is 2.34. The summed E-state index contributed by atoms with van der Waals surface area (Å²) in [4.78, 5) is 14.4. The van der Waals surface area contributed by atoms with Crippen LogP contribution in [0.3, 0.4) is 0 Å². The van der Waals surface area contributed by atoms with Gasteiger partial charge in [0.05, 0.1) is 16.0 Å². The summed E-state index contributed by atoms with van der Waals surface area (Å²) < 4.78 is 5.54. The van der Waals surface area contributed by atoms with E-state index in [0.29, 0.717) is 11.8 Å². The van der Waals surface area contributed by atoms with Gasteiger partial charge in [0.15, 0.2) is 5.75 Å². The molecule has 0 saturated carbocycles. The number of halogens is 2. The van der Waals surface area contributed by atoms with Crippen LogP contribution in [-0.2, 0) is 5.88 Å². The van der Waals surface area contributed by atoms with E-state index in [0.717, 1.165) is 11.1 Å². The molecule has 0 aliphatic heterocycles. The summed E-state index contributed by atoms with van der Waals surface area (Å²) in [5.41, 5.74) is 1.53. The fourth-order valence-corrected chi connectivity index (χ4v) is 1.89. The molecule has 7 heteroatoms. The van der Waals surface area contributed by atoms with E-state index in [-0.39, 0.29) is 16.5 Å². The summed E-state index contributed by atoms with van der Waals surface area (Å²) in [5, 5.41) is 11.0. The average Bonchev–Trinajstić information content (AvgIpc) is 2.42. The quantitative estimate of drug-likeness (QED) is 0.474. The molecule has 0 radical (unpaired) electrons. The van der Waals surface area contributed by atoms with Gasteiger partial charge in [-0.2, -0.15) is 0 Å². The maximum atomic E-state index is 10.7. The van der Waals surface area contributed by atoms with Gasteiger partial charge < -0.3 is 4.74 Å². The molecular weight excluding hydrogens is 303 g/mol. The van der Waals surface area contributed by atoms with Gasteiger partial charge in [0, 0.05) is 23.7 Å². The molecule has 0 atom stereocenters. The summed E-state index contributed by atoms with van der Waals surface area (Å²) in [6.45, 7) is 1.81. The molecule has 1 heterocycles. The summed E-state index contributed by atoms with van der Waals surface area (Å²) in [5.74, 6) is 0.877.